The summed E-state index contributed by atoms with van der Waals surface area (Å²) in [4.78, 5) is -0.235. The van der Waals surface area contributed by atoms with E-state index in [9.17, 15) is 16.8 Å². The molecule has 1 rings (SSSR count). The van der Waals surface area contributed by atoms with Crippen LogP contribution in [-0.2, 0) is 19.9 Å². The molecule has 0 aliphatic rings. The molecule has 0 saturated carbocycles. The molecule has 8 heteroatoms. The van der Waals surface area contributed by atoms with Crippen molar-refractivity contribution in [2.45, 2.75) is 9.79 Å². The van der Waals surface area contributed by atoms with Gasteiger partial charge in [-0.3, -0.25) is 0 Å². The number of rotatable bonds is 4. The SMILES string of the molecule is COc1ccc(S(C)(=O)=O)cc1S(=O)(=O)N(C)C. The van der Waals surface area contributed by atoms with E-state index in [1.165, 1.54) is 33.3 Å². The van der Waals surface area contributed by atoms with E-state index in [4.69, 9.17) is 4.74 Å². The summed E-state index contributed by atoms with van der Waals surface area (Å²) in [5.74, 6) is 0.108. The first-order valence-corrected chi connectivity index (χ1v) is 8.24. The van der Waals surface area contributed by atoms with Gasteiger partial charge in [0.1, 0.15) is 10.6 Å². The molecule has 0 fully saturated rings. The first kappa shape index (κ1) is 14.9. The number of hydrogen-bond donors (Lipinski definition) is 0. The van der Waals surface area contributed by atoms with Crippen LogP contribution in [0.3, 0.4) is 0 Å². The fraction of sp³-hybridized carbons (Fsp3) is 0.400. The Hall–Kier alpha value is -1.12. The molecule has 102 valence electrons. The van der Waals surface area contributed by atoms with Gasteiger partial charge in [-0.1, -0.05) is 0 Å². The number of sulfone groups is 1. The topological polar surface area (TPSA) is 80.8 Å². The third-order valence-electron chi connectivity index (χ3n) is 2.32. The van der Waals surface area contributed by atoms with E-state index in [1.807, 2.05) is 0 Å². The van der Waals surface area contributed by atoms with Crippen molar-refractivity contribution in [1.82, 2.24) is 4.31 Å². The number of ether oxygens (including phenoxy) is 1. The third-order valence-corrected chi connectivity index (χ3v) is 5.27. The molecule has 1 aromatic rings. The van der Waals surface area contributed by atoms with Crippen LogP contribution in [0.1, 0.15) is 0 Å². The largest absolute Gasteiger partial charge is 0.495 e. The second kappa shape index (κ2) is 4.87. The van der Waals surface area contributed by atoms with Crippen LogP contribution in [0.25, 0.3) is 0 Å². The summed E-state index contributed by atoms with van der Waals surface area (Å²) in [7, 11) is -3.18. The van der Waals surface area contributed by atoms with Gasteiger partial charge in [-0.05, 0) is 18.2 Å². The first-order valence-electron chi connectivity index (χ1n) is 4.91. The lowest BCUT2D eigenvalue weighted by molar-refractivity contribution is 0.399. The number of benzene rings is 1. The Balaban J connectivity index is 3.61. The van der Waals surface area contributed by atoms with Crippen LogP contribution in [0, 0.1) is 0 Å². The fourth-order valence-electron chi connectivity index (χ4n) is 1.29. The molecule has 0 spiro atoms. The van der Waals surface area contributed by atoms with Crippen LogP contribution >= 0.6 is 0 Å². The summed E-state index contributed by atoms with van der Waals surface area (Å²) in [6, 6.07) is 3.74. The zero-order valence-electron chi connectivity index (χ0n) is 10.5. The summed E-state index contributed by atoms with van der Waals surface area (Å²) >= 11 is 0. The smallest absolute Gasteiger partial charge is 0.246 e. The minimum Gasteiger partial charge on any atom is -0.495 e. The average Bonchev–Trinajstić information content (AvgIpc) is 2.26. The van der Waals surface area contributed by atoms with Gasteiger partial charge in [0.2, 0.25) is 10.0 Å². The monoisotopic (exact) mass is 293 g/mol. The highest BCUT2D eigenvalue weighted by molar-refractivity contribution is 7.91. The second-order valence-corrected chi connectivity index (χ2v) is 8.01. The molecule has 0 N–H and O–H groups in total. The molecule has 0 amide bonds. The van der Waals surface area contributed by atoms with Crippen molar-refractivity contribution >= 4 is 19.9 Å². The van der Waals surface area contributed by atoms with Crippen molar-refractivity contribution in [1.29, 1.82) is 0 Å². The van der Waals surface area contributed by atoms with E-state index in [-0.39, 0.29) is 15.5 Å². The molecule has 0 aliphatic carbocycles. The lowest BCUT2D eigenvalue weighted by Crippen LogP contribution is -2.23. The molecule has 0 saturated heterocycles. The van der Waals surface area contributed by atoms with Crippen LogP contribution < -0.4 is 4.74 Å². The van der Waals surface area contributed by atoms with Crippen LogP contribution in [0.5, 0.6) is 5.75 Å². The van der Waals surface area contributed by atoms with Crippen molar-refractivity contribution in [3.05, 3.63) is 18.2 Å². The van der Waals surface area contributed by atoms with Crippen LogP contribution in [-0.4, -0.2) is 48.6 Å². The Morgan fingerprint density at radius 2 is 1.67 bits per heavy atom. The van der Waals surface area contributed by atoms with Gasteiger partial charge in [0.15, 0.2) is 9.84 Å². The molecule has 1 aromatic carbocycles. The third kappa shape index (κ3) is 2.82. The molecule has 0 bridgehead atoms. The molecule has 0 radical (unpaired) electrons. The first-order chi connectivity index (χ1) is 8.10. The molecular formula is C10H15NO5S2. The summed E-state index contributed by atoms with van der Waals surface area (Å²) in [5, 5.41) is 0. The Morgan fingerprint density at radius 3 is 2.06 bits per heavy atom. The highest BCUT2D eigenvalue weighted by Crippen LogP contribution is 2.28. The van der Waals surface area contributed by atoms with Crippen molar-refractivity contribution in [3.63, 3.8) is 0 Å². The Morgan fingerprint density at radius 1 is 1.11 bits per heavy atom. The van der Waals surface area contributed by atoms with Gasteiger partial charge in [-0.15, -0.1) is 0 Å². The van der Waals surface area contributed by atoms with E-state index in [2.05, 4.69) is 0 Å². The fourth-order valence-corrected chi connectivity index (χ4v) is 3.08. The van der Waals surface area contributed by atoms with Crippen molar-refractivity contribution < 1.29 is 21.6 Å². The number of methoxy groups -OCH3 is 1. The molecule has 0 atom stereocenters. The van der Waals surface area contributed by atoms with Crippen molar-refractivity contribution in [3.8, 4) is 5.75 Å². The summed E-state index contributed by atoms with van der Waals surface area (Å²) in [6.07, 6.45) is 1.01. The minimum atomic E-state index is -3.76. The van der Waals surface area contributed by atoms with Crippen molar-refractivity contribution in [2.75, 3.05) is 27.5 Å². The predicted octanol–water partition coefficient (Wildman–Crippen LogP) is 0.349. The summed E-state index contributed by atoms with van der Waals surface area (Å²) < 4.78 is 52.9. The zero-order valence-corrected chi connectivity index (χ0v) is 12.2. The summed E-state index contributed by atoms with van der Waals surface area (Å²) in [6.45, 7) is 0. The molecule has 0 aromatic heterocycles. The highest BCUT2D eigenvalue weighted by Gasteiger charge is 2.24. The molecule has 0 unspecified atom stereocenters. The van der Waals surface area contributed by atoms with E-state index in [0.29, 0.717) is 0 Å². The van der Waals surface area contributed by atoms with E-state index in [0.717, 1.165) is 16.6 Å². The van der Waals surface area contributed by atoms with Crippen molar-refractivity contribution in [2.24, 2.45) is 0 Å². The number of hydrogen-bond acceptors (Lipinski definition) is 5. The van der Waals surface area contributed by atoms with Crippen LogP contribution in [0.15, 0.2) is 28.0 Å². The van der Waals surface area contributed by atoms with E-state index in [1.54, 1.807) is 0 Å². The van der Waals surface area contributed by atoms with E-state index >= 15 is 0 Å². The van der Waals surface area contributed by atoms with Gasteiger partial charge in [0.25, 0.3) is 0 Å². The second-order valence-electron chi connectivity index (χ2n) is 3.87. The summed E-state index contributed by atoms with van der Waals surface area (Å²) in [5.41, 5.74) is 0. The van der Waals surface area contributed by atoms with Crippen LogP contribution in [0.4, 0.5) is 0 Å². The molecule has 0 aliphatic heterocycles. The lowest BCUT2D eigenvalue weighted by Gasteiger charge is -2.15. The van der Waals surface area contributed by atoms with Gasteiger partial charge >= 0.3 is 0 Å². The lowest BCUT2D eigenvalue weighted by atomic mass is 10.3. The highest BCUT2D eigenvalue weighted by atomic mass is 32.2. The zero-order chi connectivity index (χ0) is 14.1. The predicted molar refractivity (Wildman–Crippen MR) is 67.0 cm³/mol. The quantitative estimate of drug-likeness (QED) is 0.800. The number of sulfonamides is 1. The Kier molecular flexibility index (Phi) is 4.04. The average molecular weight is 293 g/mol. The molecule has 6 nitrogen and oxygen atoms in total. The van der Waals surface area contributed by atoms with Gasteiger partial charge in [0, 0.05) is 20.4 Å². The molecule has 0 heterocycles. The van der Waals surface area contributed by atoms with Gasteiger partial charge in [-0.2, -0.15) is 0 Å². The normalized spacial score (nSPS) is 12.7. The number of nitrogens with zero attached hydrogens (tertiary/aromatic N) is 1. The maximum atomic E-state index is 12.0. The maximum absolute atomic E-state index is 12.0. The van der Waals surface area contributed by atoms with Crippen LogP contribution in [0.2, 0.25) is 0 Å². The van der Waals surface area contributed by atoms with Gasteiger partial charge in [0.05, 0.1) is 12.0 Å². The Bertz CT molecular complexity index is 647. The Labute approximate surface area is 107 Å². The molecular weight excluding hydrogens is 278 g/mol. The van der Waals surface area contributed by atoms with Gasteiger partial charge < -0.3 is 4.74 Å². The van der Waals surface area contributed by atoms with E-state index < -0.39 is 19.9 Å². The van der Waals surface area contributed by atoms with Gasteiger partial charge in [-0.25, -0.2) is 21.1 Å². The minimum absolute atomic E-state index is 0.0660. The molecule has 18 heavy (non-hydrogen) atoms. The maximum Gasteiger partial charge on any atom is 0.246 e. The standard InChI is InChI=1S/C10H15NO5S2/c1-11(2)18(14,15)10-7-8(17(4,12)13)5-6-9(10)16-3/h5-7H,1-4H3.